The summed E-state index contributed by atoms with van der Waals surface area (Å²) in [6.45, 7) is -0.385. The first kappa shape index (κ1) is 22.4. The summed E-state index contributed by atoms with van der Waals surface area (Å²) < 4.78 is 19.2. The number of amidine groups is 1. The van der Waals surface area contributed by atoms with Crippen molar-refractivity contribution < 1.29 is 23.8 Å². The third-order valence-corrected chi connectivity index (χ3v) is 7.20. The van der Waals surface area contributed by atoms with Crippen LogP contribution in [-0.2, 0) is 9.59 Å². The smallest absolute Gasteiger partial charge is 0.296 e. The Kier molecular flexibility index (Phi) is 6.02. The zero-order valence-electron chi connectivity index (χ0n) is 17.6. The molecule has 2 heterocycles. The number of aliphatic hydroxyl groups excluding tert-OH is 1. The van der Waals surface area contributed by atoms with Crippen molar-refractivity contribution in [2.75, 3.05) is 6.61 Å². The predicted molar refractivity (Wildman–Crippen MR) is 128 cm³/mol. The maximum absolute atomic E-state index is 13.6. The fourth-order valence-corrected chi connectivity index (χ4v) is 5.60. The first-order valence-electron chi connectivity index (χ1n) is 10.5. The van der Waals surface area contributed by atoms with Gasteiger partial charge in [-0.25, -0.2) is 4.39 Å². The number of aliphatic imine (C=N–C) groups is 1. The molecule has 0 spiro atoms. The molecule has 2 aromatic carbocycles. The van der Waals surface area contributed by atoms with E-state index in [0.29, 0.717) is 21.5 Å². The van der Waals surface area contributed by atoms with Gasteiger partial charge in [-0.1, -0.05) is 65.8 Å². The highest BCUT2D eigenvalue weighted by Gasteiger charge is 2.48. The second-order valence-corrected chi connectivity index (χ2v) is 9.37. The number of hydrogen-bond acceptors (Lipinski definition) is 6. The molecule has 5 rings (SSSR count). The van der Waals surface area contributed by atoms with Crippen LogP contribution in [0.15, 0.2) is 94.2 Å². The van der Waals surface area contributed by atoms with Crippen LogP contribution in [0.5, 0.6) is 5.75 Å². The Hall–Kier alpha value is -3.36. The van der Waals surface area contributed by atoms with Gasteiger partial charge in [0.15, 0.2) is 17.5 Å². The Morgan fingerprint density at radius 3 is 2.62 bits per heavy atom. The number of amides is 1. The predicted octanol–water partition coefficient (Wildman–Crippen LogP) is 4.70. The number of ketones is 1. The standard InChI is InChI=1S/C25H18ClFN2O4S/c26-17-7-4-8-19-21(17)28-25(34-19)29-22(14-9-11-15(27)12-10-14)20(23(31)24(29)32)18(30)13-33-16-5-2-1-3-6-16/h1-12,19,21-22,31H,13H2. The molecule has 172 valence electrons. The van der Waals surface area contributed by atoms with Crippen LogP contribution in [0.4, 0.5) is 4.39 Å². The van der Waals surface area contributed by atoms with Crippen molar-refractivity contribution in [2.45, 2.75) is 17.3 Å². The highest BCUT2D eigenvalue weighted by Crippen LogP contribution is 2.44. The number of hydrogen-bond donors (Lipinski definition) is 1. The maximum atomic E-state index is 13.6. The van der Waals surface area contributed by atoms with E-state index in [-0.39, 0.29) is 23.5 Å². The van der Waals surface area contributed by atoms with Crippen molar-refractivity contribution in [1.29, 1.82) is 0 Å². The van der Waals surface area contributed by atoms with Gasteiger partial charge >= 0.3 is 0 Å². The lowest BCUT2D eigenvalue weighted by Gasteiger charge is -2.26. The second kappa shape index (κ2) is 9.12. The molecule has 3 unspecified atom stereocenters. The SMILES string of the molecule is O=C(COc1ccccc1)C1=C(O)C(=O)N(C2=NC3C(Cl)=CC=CC3S2)C1c1ccc(F)cc1. The number of nitrogens with zero attached hydrogens (tertiary/aromatic N) is 2. The van der Waals surface area contributed by atoms with Crippen LogP contribution < -0.4 is 4.74 Å². The molecule has 3 aliphatic rings. The first-order chi connectivity index (χ1) is 16.4. The number of benzene rings is 2. The van der Waals surface area contributed by atoms with Gasteiger partial charge in [0.1, 0.15) is 17.6 Å². The lowest BCUT2D eigenvalue weighted by atomic mass is 9.96. The van der Waals surface area contributed by atoms with Crippen LogP contribution in [0.1, 0.15) is 11.6 Å². The molecule has 0 saturated heterocycles. The zero-order valence-corrected chi connectivity index (χ0v) is 19.2. The molecule has 1 aliphatic carbocycles. The van der Waals surface area contributed by atoms with E-state index in [1.54, 1.807) is 30.3 Å². The van der Waals surface area contributed by atoms with E-state index < -0.39 is 29.3 Å². The summed E-state index contributed by atoms with van der Waals surface area (Å²) in [5.74, 6) is -1.99. The highest BCUT2D eigenvalue weighted by molar-refractivity contribution is 8.14. The molecule has 2 aromatic rings. The fraction of sp³-hybridized carbons (Fsp3) is 0.160. The number of halogens is 2. The summed E-state index contributed by atoms with van der Waals surface area (Å²) in [4.78, 5) is 32.3. The van der Waals surface area contributed by atoms with Crippen molar-refractivity contribution in [1.82, 2.24) is 4.90 Å². The number of Topliss-reactive ketones (excluding diaryl/α,β-unsaturated/α-hetero) is 1. The van der Waals surface area contributed by atoms with Gasteiger partial charge in [-0.3, -0.25) is 19.5 Å². The van der Waals surface area contributed by atoms with Crippen LogP contribution in [0.3, 0.4) is 0 Å². The third-order valence-electron chi connectivity index (χ3n) is 5.65. The lowest BCUT2D eigenvalue weighted by molar-refractivity contribution is -0.125. The lowest BCUT2D eigenvalue weighted by Crippen LogP contribution is -2.35. The molecule has 0 aromatic heterocycles. The molecule has 0 fully saturated rings. The van der Waals surface area contributed by atoms with Gasteiger partial charge in [0.2, 0.25) is 5.78 Å². The van der Waals surface area contributed by atoms with E-state index in [4.69, 9.17) is 16.3 Å². The van der Waals surface area contributed by atoms with E-state index in [1.165, 1.54) is 40.9 Å². The summed E-state index contributed by atoms with van der Waals surface area (Å²) in [6, 6.07) is 12.8. The number of ether oxygens (including phenoxy) is 1. The minimum Gasteiger partial charge on any atom is -0.503 e. The number of rotatable bonds is 5. The number of fused-ring (bicyclic) bond motifs is 1. The van der Waals surface area contributed by atoms with Crippen LogP contribution in [0.25, 0.3) is 0 Å². The molecule has 34 heavy (non-hydrogen) atoms. The molecule has 1 amide bonds. The van der Waals surface area contributed by atoms with E-state index >= 15 is 0 Å². The Labute approximate surface area is 204 Å². The Bertz CT molecular complexity index is 1270. The molecule has 0 radical (unpaired) electrons. The number of carbonyl (C=O) groups is 2. The van der Waals surface area contributed by atoms with Gasteiger partial charge in [0.25, 0.3) is 5.91 Å². The quantitative estimate of drug-likeness (QED) is 0.649. The largest absolute Gasteiger partial charge is 0.503 e. The number of carbonyl (C=O) groups excluding carboxylic acids is 2. The molecule has 0 bridgehead atoms. The number of allylic oxidation sites excluding steroid dienone is 2. The molecular formula is C25H18ClFN2O4S. The van der Waals surface area contributed by atoms with Gasteiger partial charge in [-0.15, -0.1) is 0 Å². The monoisotopic (exact) mass is 496 g/mol. The normalized spacial score (nSPS) is 23.6. The van der Waals surface area contributed by atoms with Crippen molar-refractivity contribution in [3.63, 3.8) is 0 Å². The van der Waals surface area contributed by atoms with Crippen LogP contribution in [-0.4, -0.2) is 44.8 Å². The van der Waals surface area contributed by atoms with Gasteiger partial charge < -0.3 is 9.84 Å². The number of aliphatic hydroxyl groups is 1. The van der Waals surface area contributed by atoms with Crippen molar-refractivity contribution in [2.24, 2.45) is 4.99 Å². The van der Waals surface area contributed by atoms with E-state index in [1.807, 2.05) is 18.2 Å². The summed E-state index contributed by atoms with van der Waals surface area (Å²) in [5, 5.41) is 11.5. The molecule has 3 atom stereocenters. The van der Waals surface area contributed by atoms with Crippen LogP contribution >= 0.6 is 23.4 Å². The highest BCUT2D eigenvalue weighted by atomic mass is 35.5. The average Bonchev–Trinajstić information content (AvgIpc) is 3.38. The Morgan fingerprint density at radius 1 is 1.18 bits per heavy atom. The van der Waals surface area contributed by atoms with Gasteiger partial charge in [0, 0.05) is 5.03 Å². The Morgan fingerprint density at radius 2 is 1.91 bits per heavy atom. The van der Waals surface area contributed by atoms with Crippen molar-refractivity contribution >= 4 is 40.2 Å². The minimum absolute atomic E-state index is 0.113. The molecule has 2 aliphatic heterocycles. The Balaban J connectivity index is 1.50. The van der Waals surface area contributed by atoms with Crippen molar-refractivity contribution in [3.8, 4) is 5.75 Å². The van der Waals surface area contributed by atoms with Gasteiger partial charge in [-0.05, 0) is 35.9 Å². The zero-order chi connectivity index (χ0) is 23.8. The molecular weight excluding hydrogens is 479 g/mol. The second-order valence-electron chi connectivity index (χ2n) is 7.79. The summed E-state index contributed by atoms with van der Waals surface area (Å²) in [7, 11) is 0. The third kappa shape index (κ3) is 4.03. The average molecular weight is 497 g/mol. The first-order valence-corrected chi connectivity index (χ1v) is 11.7. The number of para-hydroxylation sites is 1. The topological polar surface area (TPSA) is 79.2 Å². The van der Waals surface area contributed by atoms with E-state index in [9.17, 15) is 19.1 Å². The van der Waals surface area contributed by atoms with Gasteiger partial charge in [0.05, 0.1) is 16.9 Å². The molecule has 6 nitrogen and oxygen atoms in total. The summed E-state index contributed by atoms with van der Waals surface area (Å²) in [6.07, 6.45) is 5.49. The summed E-state index contributed by atoms with van der Waals surface area (Å²) >= 11 is 7.63. The molecule has 0 saturated carbocycles. The van der Waals surface area contributed by atoms with E-state index in [2.05, 4.69) is 4.99 Å². The van der Waals surface area contributed by atoms with E-state index in [0.717, 1.165) is 0 Å². The van der Waals surface area contributed by atoms with Crippen LogP contribution in [0, 0.1) is 5.82 Å². The fourth-order valence-electron chi connectivity index (χ4n) is 4.04. The van der Waals surface area contributed by atoms with Gasteiger partial charge in [-0.2, -0.15) is 0 Å². The molecule has 9 heteroatoms. The van der Waals surface area contributed by atoms with Crippen LogP contribution in [0.2, 0.25) is 0 Å². The number of thioether (sulfide) groups is 1. The minimum atomic E-state index is -0.988. The maximum Gasteiger partial charge on any atom is 0.296 e. The molecule has 1 N–H and O–H groups in total. The van der Waals surface area contributed by atoms with Crippen molar-refractivity contribution in [3.05, 3.63) is 101 Å². The summed E-state index contributed by atoms with van der Waals surface area (Å²) in [5.41, 5.74) is 0.333.